The predicted molar refractivity (Wildman–Crippen MR) is 76.3 cm³/mol. The molecule has 6 heteroatoms. The summed E-state index contributed by atoms with van der Waals surface area (Å²) in [4.78, 5) is 12.0. The molecular weight excluding hydrogens is 324 g/mol. The molecule has 5 nitrogen and oxygen atoms in total. The van der Waals surface area contributed by atoms with Gasteiger partial charge in [-0.15, -0.1) is 0 Å². The van der Waals surface area contributed by atoms with Crippen molar-refractivity contribution >= 4 is 27.5 Å². The molecule has 0 atom stereocenters. The zero-order valence-electron chi connectivity index (χ0n) is 10.2. The quantitative estimate of drug-likeness (QED) is 0.788. The Labute approximate surface area is 122 Å². The lowest BCUT2D eigenvalue weighted by Gasteiger charge is -2.01. The smallest absolute Gasteiger partial charge is 0.277 e. The highest BCUT2D eigenvalue weighted by Crippen LogP contribution is 2.21. The fourth-order valence-corrected chi connectivity index (χ4v) is 1.91. The molecule has 0 unspecified atom stereocenters. The third kappa shape index (κ3) is 2.65. The number of nitrogens with one attached hydrogen (secondary N) is 1. The van der Waals surface area contributed by atoms with Crippen molar-refractivity contribution in [3.63, 3.8) is 0 Å². The number of aromatic nitrogens is 1. The number of nitrogens with zero attached hydrogens (tertiary/aromatic N) is 1. The number of carbonyl (C=O) groups is 1. The summed E-state index contributed by atoms with van der Waals surface area (Å²) in [6.45, 7) is 0. The minimum atomic E-state index is -0.339. The second kappa shape index (κ2) is 5.34. The summed E-state index contributed by atoms with van der Waals surface area (Å²) in [5.74, 6) is 0.602. The van der Waals surface area contributed by atoms with Crippen LogP contribution in [0.3, 0.4) is 0 Å². The Morgan fingerprint density at radius 2 is 1.95 bits per heavy atom. The summed E-state index contributed by atoms with van der Waals surface area (Å²) in [7, 11) is 0. The third-order valence-corrected chi connectivity index (χ3v) is 3.14. The van der Waals surface area contributed by atoms with Crippen molar-refractivity contribution in [2.45, 2.75) is 0 Å². The molecule has 20 heavy (non-hydrogen) atoms. The molecule has 0 fully saturated rings. The first-order valence-corrected chi connectivity index (χ1v) is 6.59. The van der Waals surface area contributed by atoms with Crippen molar-refractivity contribution in [3.05, 3.63) is 58.9 Å². The number of rotatable bonds is 3. The maximum absolute atomic E-state index is 12.0. The van der Waals surface area contributed by atoms with E-state index in [4.69, 9.17) is 8.94 Å². The first-order chi connectivity index (χ1) is 9.72. The molecule has 0 saturated carbocycles. The van der Waals surface area contributed by atoms with Gasteiger partial charge in [0.25, 0.3) is 5.91 Å². The van der Waals surface area contributed by atoms with E-state index in [-0.39, 0.29) is 11.6 Å². The summed E-state index contributed by atoms with van der Waals surface area (Å²) in [5, 5.41) is 6.46. The number of anilines is 1. The minimum absolute atomic E-state index is 0.194. The van der Waals surface area contributed by atoms with Gasteiger partial charge < -0.3 is 14.3 Å². The number of hydrogen-bond acceptors (Lipinski definition) is 4. The maximum Gasteiger partial charge on any atom is 0.277 e. The van der Waals surface area contributed by atoms with Gasteiger partial charge in [0.15, 0.2) is 11.5 Å². The van der Waals surface area contributed by atoms with E-state index in [0.717, 1.165) is 4.47 Å². The van der Waals surface area contributed by atoms with Crippen LogP contribution in [0.1, 0.15) is 10.5 Å². The topological polar surface area (TPSA) is 68.3 Å². The van der Waals surface area contributed by atoms with E-state index in [1.807, 2.05) is 12.1 Å². The number of halogens is 1. The molecule has 0 saturated heterocycles. The molecule has 100 valence electrons. The summed E-state index contributed by atoms with van der Waals surface area (Å²) in [6, 6.07) is 12.3. The molecule has 2 heterocycles. The zero-order valence-corrected chi connectivity index (χ0v) is 11.8. The highest BCUT2D eigenvalue weighted by atomic mass is 79.9. The van der Waals surface area contributed by atoms with Crippen LogP contribution in [0.15, 0.2) is 62.1 Å². The van der Waals surface area contributed by atoms with Crippen molar-refractivity contribution in [3.8, 4) is 11.5 Å². The van der Waals surface area contributed by atoms with Crippen LogP contribution in [0, 0.1) is 0 Å². The Morgan fingerprint density at radius 1 is 1.15 bits per heavy atom. The lowest BCUT2D eigenvalue weighted by atomic mass is 10.3. The van der Waals surface area contributed by atoms with Crippen LogP contribution in [0.25, 0.3) is 11.5 Å². The van der Waals surface area contributed by atoms with Crippen LogP contribution >= 0.6 is 15.9 Å². The fraction of sp³-hybridized carbons (Fsp3) is 0. The Hall–Kier alpha value is -2.34. The Morgan fingerprint density at radius 3 is 2.65 bits per heavy atom. The van der Waals surface area contributed by atoms with E-state index in [1.165, 1.54) is 12.3 Å². The Bertz CT molecular complexity index is 717. The fourth-order valence-electron chi connectivity index (χ4n) is 1.65. The first-order valence-electron chi connectivity index (χ1n) is 5.80. The van der Waals surface area contributed by atoms with Crippen LogP contribution < -0.4 is 5.32 Å². The molecule has 1 aromatic carbocycles. The van der Waals surface area contributed by atoms with Gasteiger partial charge in [0.2, 0.25) is 5.76 Å². The number of benzene rings is 1. The minimum Gasteiger partial charge on any atom is -0.461 e. The molecule has 1 amide bonds. The van der Waals surface area contributed by atoms with Gasteiger partial charge in [0.05, 0.1) is 6.26 Å². The normalized spacial score (nSPS) is 10.4. The van der Waals surface area contributed by atoms with Gasteiger partial charge in [0.1, 0.15) is 0 Å². The highest BCUT2D eigenvalue weighted by Gasteiger charge is 2.15. The average molecular weight is 333 g/mol. The third-order valence-electron chi connectivity index (χ3n) is 2.61. The lowest BCUT2D eigenvalue weighted by Crippen LogP contribution is -2.11. The first kappa shape index (κ1) is 12.7. The van der Waals surface area contributed by atoms with E-state index in [2.05, 4.69) is 26.4 Å². The van der Waals surface area contributed by atoms with Gasteiger partial charge in [0, 0.05) is 16.2 Å². The van der Waals surface area contributed by atoms with Gasteiger partial charge in [-0.3, -0.25) is 4.79 Å². The molecule has 3 rings (SSSR count). The Balaban J connectivity index is 1.76. The number of hydrogen-bond donors (Lipinski definition) is 1. The van der Waals surface area contributed by atoms with E-state index in [1.54, 1.807) is 24.3 Å². The predicted octanol–water partition coefficient (Wildman–Crippen LogP) is 3.95. The average Bonchev–Trinajstić information content (AvgIpc) is 3.11. The van der Waals surface area contributed by atoms with Crippen LogP contribution in [-0.4, -0.2) is 11.1 Å². The summed E-state index contributed by atoms with van der Waals surface area (Å²) < 4.78 is 11.2. The SMILES string of the molecule is O=C(Nc1ccc(Br)cc1)c1cc(-c2ccco2)on1. The lowest BCUT2D eigenvalue weighted by molar-refractivity contribution is 0.101. The molecule has 0 aliphatic heterocycles. The Kier molecular flexibility index (Phi) is 3.39. The second-order valence-corrected chi connectivity index (χ2v) is 4.93. The van der Waals surface area contributed by atoms with E-state index in [9.17, 15) is 4.79 Å². The van der Waals surface area contributed by atoms with E-state index in [0.29, 0.717) is 17.2 Å². The van der Waals surface area contributed by atoms with E-state index < -0.39 is 0 Å². The van der Waals surface area contributed by atoms with Crippen molar-refractivity contribution in [2.24, 2.45) is 0 Å². The molecule has 2 aromatic heterocycles. The number of amides is 1. The maximum atomic E-state index is 12.0. The van der Waals surface area contributed by atoms with Crippen LogP contribution in [-0.2, 0) is 0 Å². The van der Waals surface area contributed by atoms with Gasteiger partial charge >= 0.3 is 0 Å². The van der Waals surface area contributed by atoms with Crippen molar-refractivity contribution < 1.29 is 13.7 Å². The van der Waals surface area contributed by atoms with Crippen LogP contribution in [0.2, 0.25) is 0 Å². The van der Waals surface area contributed by atoms with Gasteiger partial charge in [-0.05, 0) is 36.4 Å². The standard InChI is InChI=1S/C14H9BrN2O3/c15-9-3-5-10(6-4-9)16-14(18)11-8-13(20-17-11)12-2-1-7-19-12/h1-8H,(H,16,18). The summed E-state index contributed by atoms with van der Waals surface area (Å²) in [5.41, 5.74) is 0.875. The summed E-state index contributed by atoms with van der Waals surface area (Å²) in [6.07, 6.45) is 1.53. The highest BCUT2D eigenvalue weighted by molar-refractivity contribution is 9.10. The molecular formula is C14H9BrN2O3. The second-order valence-electron chi connectivity index (χ2n) is 4.01. The zero-order chi connectivity index (χ0) is 13.9. The van der Waals surface area contributed by atoms with Crippen molar-refractivity contribution in [2.75, 3.05) is 5.32 Å². The van der Waals surface area contributed by atoms with Crippen LogP contribution in [0.4, 0.5) is 5.69 Å². The summed E-state index contributed by atoms with van der Waals surface area (Å²) >= 11 is 3.33. The number of furan rings is 1. The van der Waals surface area contributed by atoms with Crippen LogP contribution in [0.5, 0.6) is 0 Å². The van der Waals surface area contributed by atoms with Gasteiger partial charge in [-0.25, -0.2) is 0 Å². The monoisotopic (exact) mass is 332 g/mol. The van der Waals surface area contributed by atoms with Crippen molar-refractivity contribution in [1.82, 2.24) is 5.16 Å². The molecule has 0 bridgehead atoms. The van der Waals surface area contributed by atoms with Crippen molar-refractivity contribution in [1.29, 1.82) is 0 Å². The molecule has 0 radical (unpaired) electrons. The molecule has 3 aromatic rings. The van der Waals surface area contributed by atoms with Gasteiger partial charge in [-0.1, -0.05) is 21.1 Å². The molecule has 0 aliphatic carbocycles. The largest absolute Gasteiger partial charge is 0.461 e. The molecule has 0 spiro atoms. The van der Waals surface area contributed by atoms with E-state index >= 15 is 0 Å². The molecule has 1 N–H and O–H groups in total. The number of carbonyl (C=O) groups excluding carboxylic acids is 1. The van der Waals surface area contributed by atoms with Gasteiger partial charge in [-0.2, -0.15) is 0 Å². The molecule has 0 aliphatic rings.